The van der Waals surface area contributed by atoms with Crippen LogP contribution in [0.5, 0.6) is 11.6 Å². The number of amides is 2. The Balaban J connectivity index is 1.28. The molecule has 0 unspecified atom stereocenters. The van der Waals surface area contributed by atoms with Gasteiger partial charge in [-0.3, -0.25) is 9.59 Å². The van der Waals surface area contributed by atoms with E-state index in [2.05, 4.69) is 10.3 Å². The van der Waals surface area contributed by atoms with Gasteiger partial charge in [0, 0.05) is 25.1 Å². The number of piperidine rings is 1. The van der Waals surface area contributed by atoms with Crippen molar-refractivity contribution < 1.29 is 18.7 Å². The molecule has 0 bridgehead atoms. The Labute approximate surface area is 168 Å². The number of benzene rings is 1. The predicted molar refractivity (Wildman–Crippen MR) is 107 cm³/mol. The van der Waals surface area contributed by atoms with Crippen LogP contribution in [-0.2, 0) is 4.79 Å². The van der Waals surface area contributed by atoms with E-state index in [-0.39, 0.29) is 17.7 Å². The SMILES string of the molecule is O=C(Nc1ccc(Oc2ccccc2)nc1)C1CCN(C(=O)c2ccco2)CC1. The Hall–Kier alpha value is -3.61. The largest absolute Gasteiger partial charge is 0.459 e. The molecule has 0 saturated carbocycles. The highest BCUT2D eigenvalue weighted by Gasteiger charge is 2.28. The highest BCUT2D eigenvalue weighted by molar-refractivity contribution is 5.93. The molecule has 0 radical (unpaired) electrons. The molecule has 2 amide bonds. The van der Waals surface area contributed by atoms with Crippen molar-refractivity contribution in [1.29, 1.82) is 0 Å². The summed E-state index contributed by atoms with van der Waals surface area (Å²) in [5.74, 6) is 1.15. The zero-order valence-corrected chi connectivity index (χ0v) is 15.8. The lowest BCUT2D eigenvalue weighted by atomic mass is 9.95. The second kappa shape index (κ2) is 8.60. The Kier molecular flexibility index (Phi) is 5.56. The lowest BCUT2D eigenvalue weighted by Gasteiger charge is -2.30. The third kappa shape index (κ3) is 4.63. The molecule has 29 heavy (non-hydrogen) atoms. The van der Waals surface area contributed by atoms with E-state index in [4.69, 9.17) is 9.15 Å². The topological polar surface area (TPSA) is 84.7 Å². The fourth-order valence-corrected chi connectivity index (χ4v) is 3.27. The molecule has 7 nitrogen and oxygen atoms in total. The number of ether oxygens (including phenoxy) is 1. The fraction of sp³-hybridized carbons (Fsp3) is 0.227. The van der Waals surface area contributed by atoms with Crippen molar-refractivity contribution in [3.05, 3.63) is 72.8 Å². The molecule has 3 heterocycles. The molecule has 2 aromatic heterocycles. The highest BCUT2D eigenvalue weighted by Crippen LogP contribution is 2.23. The van der Waals surface area contributed by atoms with Crippen LogP contribution in [0.25, 0.3) is 0 Å². The summed E-state index contributed by atoms with van der Waals surface area (Å²) in [5.41, 5.74) is 0.615. The molecule has 148 valence electrons. The average Bonchev–Trinajstić information content (AvgIpc) is 3.30. The number of nitrogens with one attached hydrogen (secondary N) is 1. The Morgan fingerprint density at radius 1 is 1.03 bits per heavy atom. The molecular formula is C22H21N3O4. The number of para-hydroxylation sites is 1. The van der Waals surface area contributed by atoms with Crippen LogP contribution in [-0.4, -0.2) is 34.8 Å². The molecule has 1 aliphatic rings. The lowest BCUT2D eigenvalue weighted by molar-refractivity contribution is -0.121. The standard InChI is InChI=1S/C22H21N3O4/c26-21(16-10-12-25(13-11-16)22(27)19-7-4-14-28-19)24-17-8-9-20(23-15-17)29-18-5-2-1-3-6-18/h1-9,14-16H,10-13H2,(H,24,26). The predicted octanol–water partition coefficient (Wildman–Crippen LogP) is 3.96. The van der Waals surface area contributed by atoms with E-state index >= 15 is 0 Å². The summed E-state index contributed by atoms with van der Waals surface area (Å²) in [6, 6.07) is 16.2. The van der Waals surface area contributed by atoms with E-state index in [1.807, 2.05) is 30.3 Å². The fourth-order valence-electron chi connectivity index (χ4n) is 3.27. The lowest BCUT2D eigenvalue weighted by Crippen LogP contribution is -2.41. The van der Waals surface area contributed by atoms with Crippen molar-refractivity contribution in [2.75, 3.05) is 18.4 Å². The van der Waals surface area contributed by atoms with E-state index in [0.717, 1.165) is 0 Å². The van der Waals surface area contributed by atoms with Gasteiger partial charge in [-0.25, -0.2) is 4.98 Å². The maximum absolute atomic E-state index is 12.6. The first-order chi connectivity index (χ1) is 14.2. The van der Waals surface area contributed by atoms with Crippen LogP contribution in [0, 0.1) is 5.92 Å². The van der Waals surface area contributed by atoms with Gasteiger partial charge in [-0.05, 0) is 43.2 Å². The van der Waals surface area contributed by atoms with Gasteiger partial charge in [-0.2, -0.15) is 0 Å². The van der Waals surface area contributed by atoms with Crippen molar-refractivity contribution in [3.63, 3.8) is 0 Å². The summed E-state index contributed by atoms with van der Waals surface area (Å²) in [5, 5.41) is 2.90. The van der Waals surface area contributed by atoms with Crippen molar-refractivity contribution in [2.24, 2.45) is 5.92 Å². The van der Waals surface area contributed by atoms with Crippen LogP contribution in [0.15, 0.2) is 71.5 Å². The van der Waals surface area contributed by atoms with E-state index < -0.39 is 0 Å². The van der Waals surface area contributed by atoms with Crippen LogP contribution in [0.4, 0.5) is 5.69 Å². The number of hydrogen-bond donors (Lipinski definition) is 1. The summed E-state index contributed by atoms with van der Waals surface area (Å²) < 4.78 is 10.8. The second-order valence-electron chi connectivity index (χ2n) is 6.83. The number of likely N-dealkylation sites (tertiary alicyclic amines) is 1. The van der Waals surface area contributed by atoms with Gasteiger partial charge in [0.05, 0.1) is 18.1 Å². The Morgan fingerprint density at radius 2 is 1.83 bits per heavy atom. The number of nitrogens with zero attached hydrogens (tertiary/aromatic N) is 2. The summed E-state index contributed by atoms with van der Waals surface area (Å²) in [6.45, 7) is 1.06. The Bertz CT molecular complexity index is 947. The molecule has 0 aliphatic carbocycles. The number of hydrogen-bond acceptors (Lipinski definition) is 5. The number of anilines is 1. The zero-order valence-electron chi connectivity index (χ0n) is 15.8. The zero-order chi connectivity index (χ0) is 20.1. The van der Waals surface area contributed by atoms with Gasteiger partial charge in [0.15, 0.2) is 5.76 Å². The first-order valence-corrected chi connectivity index (χ1v) is 9.51. The van der Waals surface area contributed by atoms with E-state index in [0.29, 0.717) is 49.0 Å². The van der Waals surface area contributed by atoms with Gasteiger partial charge < -0.3 is 19.4 Å². The van der Waals surface area contributed by atoms with E-state index in [1.165, 1.54) is 6.26 Å². The third-order valence-corrected chi connectivity index (χ3v) is 4.85. The van der Waals surface area contributed by atoms with Gasteiger partial charge in [-0.1, -0.05) is 18.2 Å². The molecule has 3 aromatic rings. The first kappa shape index (κ1) is 18.7. The van der Waals surface area contributed by atoms with Gasteiger partial charge in [0.1, 0.15) is 5.75 Å². The summed E-state index contributed by atoms with van der Waals surface area (Å²) in [6.07, 6.45) is 4.28. The molecular weight excluding hydrogens is 370 g/mol. The monoisotopic (exact) mass is 391 g/mol. The molecule has 1 aliphatic heterocycles. The molecule has 1 N–H and O–H groups in total. The molecule has 7 heteroatoms. The minimum Gasteiger partial charge on any atom is -0.459 e. The minimum absolute atomic E-state index is 0.0615. The molecule has 0 atom stereocenters. The Morgan fingerprint density at radius 3 is 2.48 bits per heavy atom. The van der Waals surface area contributed by atoms with Crippen molar-refractivity contribution in [3.8, 4) is 11.6 Å². The number of aromatic nitrogens is 1. The summed E-state index contributed by atoms with van der Waals surface area (Å²) >= 11 is 0. The molecule has 1 aromatic carbocycles. The van der Waals surface area contributed by atoms with Gasteiger partial charge >= 0.3 is 0 Å². The van der Waals surface area contributed by atoms with Crippen LogP contribution in [0.2, 0.25) is 0 Å². The number of pyridine rings is 1. The number of rotatable bonds is 5. The number of carbonyl (C=O) groups excluding carboxylic acids is 2. The maximum Gasteiger partial charge on any atom is 0.289 e. The van der Waals surface area contributed by atoms with Gasteiger partial charge in [0.25, 0.3) is 5.91 Å². The molecule has 4 rings (SSSR count). The summed E-state index contributed by atoms with van der Waals surface area (Å²) in [7, 11) is 0. The van der Waals surface area contributed by atoms with Crippen LogP contribution >= 0.6 is 0 Å². The van der Waals surface area contributed by atoms with Crippen LogP contribution in [0.1, 0.15) is 23.4 Å². The normalized spacial score (nSPS) is 14.4. The van der Waals surface area contributed by atoms with Crippen molar-refractivity contribution in [2.45, 2.75) is 12.8 Å². The van der Waals surface area contributed by atoms with Crippen molar-refractivity contribution >= 4 is 17.5 Å². The number of furan rings is 1. The van der Waals surface area contributed by atoms with Gasteiger partial charge in [0.2, 0.25) is 11.8 Å². The third-order valence-electron chi connectivity index (χ3n) is 4.85. The van der Waals surface area contributed by atoms with E-state index in [9.17, 15) is 9.59 Å². The van der Waals surface area contributed by atoms with Crippen molar-refractivity contribution in [1.82, 2.24) is 9.88 Å². The highest BCUT2D eigenvalue weighted by atomic mass is 16.5. The van der Waals surface area contributed by atoms with Crippen LogP contribution in [0.3, 0.4) is 0 Å². The second-order valence-corrected chi connectivity index (χ2v) is 6.83. The average molecular weight is 391 g/mol. The minimum atomic E-state index is -0.143. The number of carbonyl (C=O) groups is 2. The smallest absolute Gasteiger partial charge is 0.289 e. The molecule has 0 spiro atoms. The molecule has 1 fully saturated rings. The van der Waals surface area contributed by atoms with Crippen LogP contribution < -0.4 is 10.1 Å². The van der Waals surface area contributed by atoms with E-state index in [1.54, 1.807) is 35.4 Å². The molecule has 1 saturated heterocycles. The quantitative estimate of drug-likeness (QED) is 0.712. The maximum atomic E-state index is 12.6. The first-order valence-electron chi connectivity index (χ1n) is 9.51. The van der Waals surface area contributed by atoms with Gasteiger partial charge in [-0.15, -0.1) is 0 Å². The summed E-state index contributed by atoms with van der Waals surface area (Å²) in [4.78, 5) is 30.8.